The lowest BCUT2D eigenvalue weighted by atomic mass is 9.98. The average Bonchev–Trinajstić information content (AvgIpc) is 3.07. The maximum atomic E-state index is 12.1. The van der Waals surface area contributed by atoms with Crippen molar-refractivity contribution in [3.63, 3.8) is 0 Å². The van der Waals surface area contributed by atoms with E-state index in [1.165, 1.54) is 5.56 Å². The molecular formula is C21H24N4O2. The van der Waals surface area contributed by atoms with Crippen LogP contribution in [0.3, 0.4) is 0 Å². The van der Waals surface area contributed by atoms with Crippen LogP contribution < -0.4 is 10.1 Å². The summed E-state index contributed by atoms with van der Waals surface area (Å²) in [5.41, 5.74) is 3.54. The highest BCUT2D eigenvalue weighted by molar-refractivity contribution is 5.90. The highest BCUT2D eigenvalue weighted by atomic mass is 16.5. The van der Waals surface area contributed by atoms with Crippen molar-refractivity contribution in [2.75, 3.05) is 11.9 Å². The Kier molecular flexibility index (Phi) is 5.86. The molecular weight excluding hydrogens is 340 g/mol. The van der Waals surface area contributed by atoms with E-state index in [0.29, 0.717) is 24.0 Å². The predicted octanol–water partition coefficient (Wildman–Crippen LogP) is 3.78. The van der Waals surface area contributed by atoms with E-state index in [9.17, 15) is 4.79 Å². The van der Waals surface area contributed by atoms with Gasteiger partial charge >= 0.3 is 0 Å². The number of ether oxygens (including phenoxy) is 1. The molecule has 0 radical (unpaired) electrons. The Bertz CT molecular complexity index is 904. The summed E-state index contributed by atoms with van der Waals surface area (Å²) < 4.78 is 7.37. The van der Waals surface area contributed by atoms with Crippen molar-refractivity contribution < 1.29 is 9.53 Å². The van der Waals surface area contributed by atoms with Crippen molar-refractivity contribution in [1.82, 2.24) is 14.8 Å². The zero-order chi connectivity index (χ0) is 19.2. The van der Waals surface area contributed by atoms with Crippen LogP contribution in [-0.4, -0.2) is 27.3 Å². The summed E-state index contributed by atoms with van der Waals surface area (Å²) >= 11 is 0. The Balaban J connectivity index is 1.52. The summed E-state index contributed by atoms with van der Waals surface area (Å²) in [5, 5.41) is 7.11. The zero-order valence-corrected chi connectivity index (χ0v) is 15.8. The van der Waals surface area contributed by atoms with Gasteiger partial charge in [-0.05, 0) is 53.8 Å². The molecule has 3 aromatic rings. The number of hydrogen-bond donors (Lipinski definition) is 1. The number of anilines is 1. The molecule has 0 spiro atoms. The van der Waals surface area contributed by atoms with Crippen LogP contribution in [0.15, 0.2) is 55.0 Å². The van der Waals surface area contributed by atoms with Crippen LogP contribution in [0.2, 0.25) is 0 Å². The van der Waals surface area contributed by atoms with Gasteiger partial charge in [0.25, 0.3) is 5.91 Å². The van der Waals surface area contributed by atoms with Crippen LogP contribution >= 0.6 is 0 Å². The van der Waals surface area contributed by atoms with Gasteiger partial charge in [-0.3, -0.25) is 14.5 Å². The minimum Gasteiger partial charge on any atom is -0.484 e. The molecule has 0 saturated heterocycles. The molecule has 0 fully saturated rings. The second-order valence-corrected chi connectivity index (χ2v) is 6.76. The number of benzene rings is 1. The van der Waals surface area contributed by atoms with Crippen molar-refractivity contribution in [2.45, 2.75) is 33.2 Å². The second kappa shape index (κ2) is 8.49. The maximum absolute atomic E-state index is 12.1. The molecule has 0 saturated carbocycles. The standard InChI is InChI=1S/C21H24N4O2/c1-15(2)19-5-4-18(12-16(19)3)27-14-21(26)23-20-8-11-25(24-20)13-17-6-9-22-10-7-17/h4-12,15H,13-14H2,1-3H3,(H,23,24,26). The third-order valence-corrected chi connectivity index (χ3v) is 4.24. The Labute approximate surface area is 159 Å². The number of aromatic nitrogens is 3. The largest absolute Gasteiger partial charge is 0.484 e. The number of amides is 1. The van der Waals surface area contributed by atoms with E-state index in [2.05, 4.69) is 36.2 Å². The number of aryl methyl sites for hydroxylation is 1. The van der Waals surface area contributed by atoms with Crippen LogP contribution in [0.5, 0.6) is 5.75 Å². The molecule has 2 aromatic heterocycles. The number of carbonyl (C=O) groups is 1. The number of rotatable bonds is 7. The van der Waals surface area contributed by atoms with Gasteiger partial charge in [-0.15, -0.1) is 0 Å². The fourth-order valence-electron chi connectivity index (χ4n) is 2.91. The lowest BCUT2D eigenvalue weighted by Crippen LogP contribution is -2.20. The van der Waals surface area contributed by atoms with E-state index >= 15 is 0 Å². The molecule has 6 nitrogen and oxygen atoms in total. The molecule has 0 unspecified atom stereocenters. The summed E-state index contributed by atoms with van der Waals surface area (Å²) in [5.74, 6) is 1.42. The molecule has 2 heterocycles. The highest BCUT2D eigenvalue weighted by Crippen LogP contribution is 2.23. The second-order valence-electron chi connectivity index (χ2n) is 6.76. The quantitative estimate of drug-likeness (QED) is 0.693. The fraction of sp³-hybridized carbons (Fsp3) is 0.286. The van der Waals surface area contributed by atoms with E-state index in [1.807, 2.05) is 36.5 Å². The number of hydrogen-bond acceptors (Lipinski definition) is 4. The minimum atomic E-state index is -0.241. The van der Waals surface area contributed by atoms with Gasteiger partial charge in [-0.25, -0.2) is 0 Å². The van der Waals surface area contributed by atoms with Crippen LogP contribution in [-0.2, 0) is 11.3 Å². The first-order chi connectivity index (χ1) is 13.0. The van der Waals surface area contributed by atoms with Gasteiger partial charge in [0.1, 0.15) is 5.75 Å². The number of carbonyl (C=O) groups excluding carboxylic acids is 1. The molecule has 27 heavy (non-hydrogen) atoms. The SMILES string of the molecule is Cc1cc(OCC(=O)Nc2ccn(Cc3ccncc3)n2)ccc1C(C)C. The first-order valence-corrected chi connectivity index (χ1v) is 8.97. The van der Waals surface area contributed by atoms with Crippen molar-refractivity contribution in [2.24, 2.45) is 0 Å². The number of pyridine rings is 1. The van der Waals surface area contributed by atoms with Gasteiger partial charge in [0.05, 0.1) is 6.54 Å². The summed E-state index contributed by atoms with van der Waals surface area (Å²) in [6.07, 6.45) is 5.31. The van der Waals surface area contributed by atoms with Crippen molar-refractivity contribution >= 4 is 11.7 Å². The van der Waals surface area contributed by atoms with Gasteiger partial charge in [0, 0.05) is 24.7 Å². The number of nitrogens with one attached hydrogen (secondary N) is 1. The first kappa shape index (κ1) is 18.6. The van der Waals surface area contributed by atoms with E-state index in [4.69, 9.17) is 4.74 Å². The Hall–Kier alpha value is -3.15. The van der Waals surface area contributed by atoms with Gasteiger partial charge < -0.3 is 10.1 Å². The molecule has 140 valence electrons. The van der Waals surface area contributed by atoms with Crippen molar-refractivity contribution in [1.29, 1.82) is 0 Å². The predicted molar refractivity (Wildman–Crippen MR) is 105 cm³/mol. The maximum Gasteiger partial charge on any atom is 0.263 e. The monoisotopic (exact) mass is 364 g/mol. The molecule has 1 N–H and O–H groups in total. The van der Waals surface area contributed by atoms with Crippen LogP contribution in [0.25, 0.3) is 0 Å². The number of nitrogens with zero attached hydrogens (tertiary/aromatic N) is 3. The molecule has 0 aliphatic heterocycles. The Morgan fingerprint density at radius 1 is 1.19 bits per heavy atom. The average molecular weight is 364 g/mol. The Morgan fingerprint density at radius 3 is 2.67 bits per heavy atom. The van der Waals surface area contributed by atoms with E-state index in [-0.39, 0.29) is 12.5 Å². The summed E-state index contributed by atoms with van der Waals surface area (Å²) in [6.45, 7) is 6.93. The molecule has 6 heteroatoms. The molecule has 0 aliphatic rings. The molecule has 1 aromatic carbocycles. The summed E-state index contributed by atoms with van der Waals surface area (Å²) in [4.78, 5) is 16.1. The van der Waals surface area contributed by atoms with Gasteiger partial charge in [0.15, 0.2) is 12.4 Å². The fourth-order valence-corrected chi connectivity index (χ4v) is 2.91. The molecule has 0 bridgehead atoms. The third-order valence-electron chi connectivity index (χ3n) is 4.24. The van der Waals surface area contributed by atoms with Crippen LogP contribution in [0.4, 0.5) is 5.82 Å². The molecule has 3 rings (SSSR count). The van der Waals surface area contributed by atoms with E-state index in [1.54, 1.807) is 23.1 Å². The lowest BCUT2D eigenvalue weighted by molar-refractivity contribution is -0.118. The summed E-state index contributed by atoms with van der Waals surface area (Å²) in [6, 6.07) is 11.5. The first-order valence-electron chi connectivity index (χ1n) is 8.97. The van der Waals surface area contributed by atoms with E-state index in [0.717, 1.165) is 11.1 Å². The van der Waals surface area contributed by atoms with Crippen molar-refractivity contribution in [3.8, 4) is 5.75 Å². The molecule has 0 aliphatic carbocycles. The third kappa shape index (κ3) is 5.17. The molecule has 1 amide bonds. The van der Waals surface area contributed by atoms with Gasteiger partial charge in [-0.2, -0.15) is 5.10 Å². The van der Waals surface area contributed by atoms with Gasteiger partial charge in [-0.1, -0.05) is 19.9 Å². The van der Waals surface area contributed by atoms with E-state index < -0.39 is 0 Å². The minimum absolute atomic E-state index is 0.0579. The lowest BCUT2D eigenvalue weighted by Gasteiger charge is -2.12. The smallest absolute Gasteiger partial charge is 0.263 e. The van der Waals surface area contributed by atoms with Crippen molar-refractivity contribution in [3.05, 3.63) is 71.7 Å². The van der Waals surface area contributed by atoms with Crippen LogP contribution in [0, 0.1) is 6.92 Å². The Morgan fingerprint density at radius 2 is 1.96 bits per heavy atom. The highest BCUT2D eigenvalue weighted by Gasteiger charge is 2.08. The summed E-state index contributed by atoms with van der Waals surface area (Å²) in [7, 11) is 0. The normalized spacial score (nSPS) is 10.8. The topological polar surface area (TPSA) is 69.0 Å². The zero-order valence-electron chi connectivity index (χ0n) is 15.8. The van der Waals surface area contributed by atoms with Crippen LogP contribution in [0.1, 0.15) is 36.5 Å². The molecule has 0 atom stereocenters. The van der Waals surface area contributed by atoms with Gasteiger partial charge in [0.2, 0.25) is 0 Å².